The third-order valence-electron chi connectivity index (χ3n) is 4.18. The standard InChI is InChI=1S/C16H24BrNO/c1-4-18-11-16(2,13-5-6-13)10-12-9-14(17)7-8-15(12)19-3/h7-9,13,18H,4-6,10-11H2,1-3H3. The van der Waals surface area contributed by atoms with E-state index in [1.807, 2.05) is 6.07 Å². The van der Waals surface area contributed by atoms with Gasteiger partial charge in [-0.2, -0.15) is 0 Å². The summed E-state index contributed by atoms with van der Waals surface area (Å²) in [6.45, 7) is 6.71. The molecule has 1 aromatic rings. The van der Waals surface area contributed by atoms with Gasteiger partial charge in [0.25, 0.3) is 0 Å². The number of nitrogens with one attached hydrogen (secondary N) is 1. The summed E-state index contributed by atoms with van der Waals surface area (Å²) in [5, 5.41) is 3.53. The first kappa shape index (κ1) is 14.9. The molecule has 1 aliphatic carbocycles. The Hall–Kier alpha value is -0.540. The molecule has 1 fully saturated rings. The average molecular weight is 326 g/mol. The highest BCUT2D eigenvalue weighted by Crippen LogP contribution is 2.48. The Bertz CT molecular complexity index is 431. The van der Waals surface area contributed by atoms with Gasteiger partial charge in [-0.05, 0) is 60.9 Å². The number of hydrogen-bond acceptors (Lipinski definition) is 2. The summed E-state index contributed by atoms with van der Waals surface area (Å²) in [5.41, 5.74) is 1.65. The zero-order chi connectivity index (χ0) is 13.9. The first-order valence-electron chi connectivity index (χ1n) is 7.12. The maximum absolute atomic E-state index is 5.51. The molecule has 1 atom stereocenters. The molecule has 0 aliphatic heterocycles. The van der Waals surface area contributed by atoms with E-state index in [0.29, 0.717) is 5.41 Å². The van der Waals surface area contributed by atoms with E-state index in [4.69, 9.17) is 4.74 Å². The lowest BCUT2D eigenvalue weighted by Crippen LogP contribution is -2.35. The summed E-state index contributed by atoms with van der Waals surface area (Å²) < 4.78 is 6.64. The molecule has 0 heterocycles. The summed E-state index contributed by atoms with van der Waals surface area (Å²) in [6.07, 6.45) is 3.82. The smallest absolute Gasteiger partial charge is 0.122 e. The van der Waals surface area contributed by atoms with E-state index in [1.54, 1.807) is 7.11 Å². The Kier molecular flexibility index (Phi) is 4.91. The Balaban J connectivity index is 2.18. The highest BCUT2D eigenvalue weighted by molar-refractivity contribution is 9.10. The van der Waals surface area contributed by atoms with Gasteiger partial charge in [-0.25, -0.2) is 0 Å². The van der Waals surface area contributed by atoms with E-state index in [1.165, 1.54) is 18.4 Å². The van der Waals surface area contributed by atoms with Gasteiger partial charge >= 0.3 is 0 Å². The fraction of sp³-hybridized carbons (Fsp3) is 0.625. The Morgan fingerprint density at radius 2 is 2.16 bits per heavy atom. The molecule has 1 saturated carbocycles. The van der Waals surface area contributed by atoms with Crippen molar-refractivity contribution in [2.75, 3.05) is 20.2 Å². The van der Waals surface area contributed by atoms with Crippen LogP contribution in [0.2, 0.25) is 0 Å². The van der Waals surface area contributed by atoms with E-state index in [0.717, 1.165) is 35.7 Å². The second kappa shape index (κ2) is 6.27. The molecular formula is C16H24BrNO. The summed E-state index contributed by atoms with van der Waals surface area (Å²) >= 11 is 3.57. The van der Waals surface area contributed by atoms with Crippen molar-refractivity contribution in [2.24, 2.45) is 11.3 Å². The Labute approximate surface area is 125 Å². The van der Waals surface area contributed by atoms with E-state index < -0.39 is 0 Å². The fourth-order valence-electron chi connectivity index (χ4n) is 2.86. The van der Waals surface area contributed by atoms with Crippen molar-refractivity contribution in [1.82, 2.24) is 5.32 Å². The molecule has 0 radical (unpaired) electrons. The molecule has 0 amide bonds. The van der Waals surface area contributed by atoms with Gasteiger partial charge in [0.2, 0.25) is 0 Å². The number of hydrogen-bond donors (Lipinski definition) is 1. The summed E-state index contributed by atoms with van der Waals surface area (Å²) in [7, 11) is 1.76. The highest BCUT2D eigenvalue weighted by Gasteiger charge is 2.41. The summed E-state index contributed by atoms with van der Waals surface area (Å²) in [4.78, 5) is 0. The van der Waals surface area contributed by atoms with Crippen LogP contribution >= 0.6 is 15.9 Å². The molecule has 1 aliphatic rings. The maximum atomic E-state index is 5.51. The molecule has 0 aromatic heterocycles. The van der Waals surface area contributed by atoms with Crippen molar-refractivity contribution < 1.29 is 4.74 Å². The molecule has 2 rings (SSSR count). The van der Waals surface area contributed by atoms with Crippen LogP contribution in [0, 0.1) is 11.3 Å². The second-order valence-corrected chi connectivity index (χ2v) is 6.76. The molecule has 3 heteroatoms. The SMILES string of the molecule is CCNCC(C)(Cc1cc(Br)ccc1OC)C1CC1. The molecule has 0 bridgehead atoms. The van der Waals surface area contributed by atoms with Gasteiger partial charge in [-0.15, -0.1) is 0 Å². The van der Waals surface area contributed by atoms with Crippen LogP contribution in [-0.4, -0.2) is 20.2 Å². The van der Waals surface area contributed by atoms with Gasteiger partial charge in [0.05, 0.1) is 7.11 Å². The topological polar surface area (TPSA) is 21.3 Å². The van der Waals surface area contributed by atoms with Crippen LogP contribution in [0.3, 0.4) is 0 Å². The molecule has 106 valence electrons. The number of methoxy groups -OCH3 is 1. The van der Waals surface area contributed by atoms with E-state index >= 15 is 0 Å². The monoisotopic (exact) mass is 325 g/mol. The lowest BCUT2D eigenvalue weighted by molar-refractivity contribution is 0.254. The molecular weight excluding hydrogens is 302 g/mol. The first-order chi connectivity index (χ1) is 9.09. The maximum Gasteiger partial charge on any atom is 0.122 e. The normalized spacial score (nSPS) is 18.1. The average Bonchev–Trinajstić information content (AvgIpc) is 3.21. The van der Waals surface area contributed by atoms with Crippen molar-refractivity contribution in [3.05, 3.63) is 28.2 Å². The van der Waals surface area contributed by atoms with Crippen LogP contribution in [-0.2, 0) is 6.42 Å². The lowest BCUT2D eigenvalue weighted by atomic mass is 9.78. The third kappa shape index (κ3) is 3.73. The van der Waals surface area contributed by atoms with Crippen LogP contribution in [0.25, 0.3) is 0 Å². The number of rotatable bonds is 7. The van der Waals surface area contributed by atoms with E-state index in [9.17, 15) is 0 Å². The van der Waals surface area contributed by atoms with Gasteiger partial charge in [-0.1, -0.05) is 29.8 Å². The Morgan fingerprint density at radius 3 is 2.74 bits per heavy atom. The van der Waals surface area contributed by atoms with Crippen LogP contribution in [0.4, 0.5) is 0 Å². The molecule has 1 aromatic carbocycles. The van der Waals surface area contributed by atoms with Crippen molar-refractivity contribution in [3.63, 3.8) is 0 Å². The van der Waals surface area contributed by atoms with Gasteiger partial charge in [0.15, 0.2) is 0 Å². The number of benzene rings is 1. The molecule has 1 N–H and O–H groups in total. The number of ether oxygens (including phenoxy) is 1. The second-order valence-electron chi connectivity index (χ2n) is 5.84. The van der Waals surface area contributed by atoms with Crippen molar-refractivity contribution >= 4 is 15.9 Å². The van der Waals surface area contributed by atoms with Crippen molar-refractivity contribution in [3.8, 4) is 5.75 Å². The summed E-state index contributed by atoms with van der Waals surface area (Å²) in [6, 6.07) is 6.30. The fourth-order valence-corrected chi connectivity index (χ4v) is 3.27. The van der Waals surface area contributed by atoms with Gasteiger partial charge in [0.1, 0.15) is 5.75 Å². The zero-order valence-electron chi connectivity index (χ0n) is 12.1. The molecule has 1 unspecified atom stereocenters. The van der Waals surface area contributed by atoms with Crippen LogP contribution in [0.5, 0.6) is 5.75 Å². The summed E-state index contributed by atoms with van der Waals surface area (Å²) in [5.74, 6) is 1.86. The van der Waals surface area contributed by atoms with Crippen LogP contribution < -0.4 is 10.1 Å². The highest BCUT2D eigenvalue weighted by atomic mass is 79.9. The predicted octanol–water partition coefficient (Wildman–Crippen LogP) is 4.03. The van der Waals surface area contributed by atoms with E-state index in [2.05, 4.69) is 47.2 Å². The lowest BCUT2D eigenvalue weighted by Gasteiger charge is -2.31. The molecule has 19 heavy (non-hydrogen) atoms. The first-order valence-corrected chi connectivity index (χ1v) is 7.91. The van der Waals surface area contributed by atoms with Gasteiger partial charge < -0.3 is 10.1 Å². The molecule has 0 saturated heterocycles. The van der Waals surface area contributed by atoms with Gasteiger partial charge in [-0.3, -0.25) is 0 Å². The minimum Gasteiger partial charge on any atom is -0.496 e. The molecule has 0 spiro atoms. The minimum atomic E-state index is 0.337. The van der Waals surface area contributed by atoms with Gasteiger partial charge in [0, 0.05) is 11.0 Å². The Morgan fingerprint density at radius 1 is 1.42 bits per heavy atom. The quantitative estimate of drug-likeness (QED) is 0.817. The molecule has 2 nitrogen and oxygen atoms in total. The van der Waals surface area contributed by atoms with Crippen molar-refractivity contribution in [1.29, 1.82) is 0 Å². The largest absolute Gasteiger partial charge is 0.496 e. The van der Waals surface area contributed by atoms with Crippen molar-refractivity contribution in [2.45, 2.75) is 33.1 Å². The third-order valence-corrected chi connectivity index (χ3v) is 4.67. The minimum absolute atomic E-state index is 0.337. The van der Waals surface area contributed by atoms with E-state index in [-0.39, 0.29) is 0 Å². The number of halogens is 1. The van der Waals surface area contributed by atoms with Crippen LogP contribution in [0.15, 0.2) is 22.7 Å². The van der Waals surface area contributed by atoms with Crippen LogP contribution in [0.1, 0.15) is 32.3 Å². The zero-order valence-corrected chi connectivity index (χ0v) is 13.7. The predicted molar refractivity (Wildman–Crippen MR) is 83.8 cm³/mol.